The van der Waals surface area contributed by atoms with Crippen molar-refractivity contribution in [3.8, 4) is 17.0 Å². The van der Waals surface area contributed by atoms with Gasteiger partial charge in [-0.15, -0.1) is 0 Å². The fourth-order valence-corrected chi connectivity index (χ4v) is 5.11. The molecule has 2 aromatic heterocycles. The van der Waals surface area contributed by atoms with Crippen molar-refractivity contribution < 1.29 is 22.7 Å². The molecule has 1 aliphatic heterocycles. The average Bonchev–Trinajstić information content (AvgIpc) is 3.29. The van der Waals surface area contributed by atoms with Crippen LogP contribution in [-0.4, -0.2) is 56.8 Å². The van der Waals surface area contributed by atoms with Gasteiger partial charge in [-0.3, -0.25) is 9.48 Å². The molecule has 9 nitrogen and oxygen atoms in total. The molecule has 3 heterocycles. The number of anilines is 2. The van der Waals surface area contributed by atoms with E-state index >= 15 is 0 Å². The summed E-state index contributed by atoms with van der Waals surface area (Å²) in [5.41, 5.74) is 8.47. The van der Waals surface area contributed by atoms with Crippen LogP contribution in [0.15, 0.2) is 42.6 Å². The molecule has 3 N–H and O–H groups in total. The van der Waals surface area contributed by atoms with Crippen molar-refractivity contribution >= 4 is 28.6 Å². The number of carbonyl (C=O) groups is 1. The standard InChI is InChI=1S/C29H32F3N7O2/c1-4-18-13-19(14-20-16-34-28(33)36-27(18)20)23-15-25(37-39(23)3)35-26(40)12-17-5-6-24(22(11-17)29(30,31)32)41-21-7-9-38(2)10-8-21/h5-6,11,13-16,21H,4,7-10,12H2,1-3H3,(H2,33,34,36)(H,35,37,40). The number of aryl methyl sites for hydroxylation is 2. The zero-order valence-electron chi connectivity index (χ0n) is 23.1. The number of amides is 1. The highest BCUT2D eigenvalue weighted by molar-refractivity contribution is 5.92. The lowest BCUT2D eigenvalue weighted by atomic mass is 10.0. The fourth-order valence-electron chi connectivity index (χ4n) is 5.11. The molecule has 1 saturated heterocycles. The maximum Gasteiger partial charge on any atom is 0.419 e. The minimum Gasteiger partial charge on any atom is -0.490 e. The normalized spacial score (nSPS) is 14.9. The van der Waals surface area contributed by atoms with Gasteiger partial charge in [0.25, 0.3) is 0 Å². The van der Waals surface area contributed by atoms with Gasteiger partial charge in [0.1, 0.15) is 11.9 Å². The highest BCUT2D eigenvalue weighted by atomic mass is 19.4. The number of hydrogen-bond acceptors (Lipinski definition) is 7. The number of fused-ring (bicyclic) bond motifs is 1. The Hall–Kier alpha value is -4.19. The highest BCUT2D eigenvalue weighted by Gasteiger charge is 2.35. The van der Waals surface area contributed by atoms with E-state index in [9.17, 15) is 18.0 Å². The van der Waals surface area contributed by atoms with Crippen LogP contribution in [0.25, 0.3) is 22.2 Å². The molecule has 0 saturated carbocycles. The van der Waals surface area contributed by atoms with Gasteiger partial charge in [0.05, 0.1) is 23.2 Å². The Bertz CT molecular complexity index is 1580. The van der Waals surface area contributed by atoms with E-state index in [1.807, 2.05) is 26.1 Å². The molecular weight excluding hydrogens is 535 g/mol. The number of carbonyl (C=O) groups excluding carboxylic acids is 1. The number of ether oxygens (including phenoxy) is 1. The van der Waals surface area contributed by atoms with Gasteiger partial charge in [-0.1, -0.05) is 13.0 Å². The maximum absolute atomic E-state index is 13.9. The number of aromatic nitrogens is 4. The van der Waals surface area contributed by atoms with Crippen molar-refractivity contribution in [1.29, 1.82) is 0 Å². The van der Waals surface area contributed by atoms with E-state index in [1.165, 1.54) is 12.1 Å². The number of rotatable bonds is 7. The van der Waals surface area contributed by atoms with E-state index in [1.54, 1.807) is 24.0 Å². The molecule has 0 radical (unpaired) electrons. The Morgan fingerprint density at radius 3 is 2.61 bits per heavy atom. The van der Waals surface area contributed by atoms with Gasteiger partial charge in [-0.05, 0) is 61.7 Å². The second-order valence-electron chi connectivity index (χ2n) is 10.4. The van der Waals surface area contributed by atoms with Gasteiger partial charge >= 0.3 is 6.18 Å². The van der Waals surface area contributed by atoms with Crippen molar-refractivity contribution in [1.82, 2.24) is 24.6 Å². The first-order valence-electron chi connectivity index (χ1n) is 13.4. The molecule has 0 atom stereocenters. The number of hydrogen-bond donors (Lipinski definition) is 2. The van der Waals surface area contributed by atoms with Crippen LogP contribution in [-0.2, 0) is 30.9 Å². The summed E-state index contributed by atoms with van der Waals surface area (Å²) in [6.07, 6.45) is -1.43. The van der Waals surface area contributed by atoms with E-state index < -0.39 is 17.6 Å². The molecule has 216 valence electrons. The highest BCUT2D eigenvalue weighted by Crippen LogP contribution is 2.38. The predicted octanol–water partition coefficient (Wildman–Crippen LogP) is 4.85. The van der Waals surface area contributed by atoms with Gasteiger partial charge in [0.2, 0.25) is 11.9 Å². The van der Waals surface area contributed by atoms with Crippen LogP contribution in [0.4, 0.5) is 24.9 Å². The van der Waals surface area contributed by atoms with Crippen LogP contribution in [0, 0.1) is 0 Å². The summed E-state index contributed by atoms with van der Waals surface area (Å²) in [6.45, 7) is 3.55. The number of halogens is 3. The summed E-state index contributed by atoms with van der Waals surface area (Å²) in [4.78, 5) is 23.4. The lowest BCUT2D eigenvalue weighted by Crippen LogP contribution is -2.36. The van der Waals surface area contributed by atoms with Crippen molar-refractivity contribution in [2.75, 3.05) is 31.2 Å². The number of benzene rings is 2. The smallest absolute Gasteiger partial charge is 0.419 e. The number of nitrogens with one attached hydrogen (secondary N) is 1. The molecule has 1 amide bonds. The largest absolute Gasteiger partial charge is 0.490 e. The van der Waals surface area contributed by atoms with Crippen LogP contribution in [0.2, 0.25) is 0 Å². The predicted molar refractivity (Wildman–Crippen MR) is 150 cm³/mol. The third-order valence-corrected chi connectivity index (χ3v) is 7.28. The van der Waals surface area contributed by atoms with Crippen LogP contribution in [0.3, 0.4) is 0 Å². The van der Waals surface area contributed by atoms with Crippen molar-refractivity contribution in [2.45, 2.75) is 44.9 Å². The quantitative estimate of drug-likeness (QED) is 0.329. The van der Waals surface area contributed by atoms with E-state index in [-0.39, 0.29) is 35.6 Å². The van der Waals surface area contributed by atoms with E-state index in [0.717, 1.165) is 53.3 Å². The molecular formula is C29H32F3N7O2. The molecule has 4 aromatic rings. The molecule has 12 heteroatoms. The van der Waals surface area contributed by atoms with E-state index in [4.69, 9.17) is 10.5 Å². The first-order valence-corrected chi connectivity index (χ1v) is 13.4. The first kappa shape index (κ1) is 28.3. The Morgan fingerprint density at radius 2 is 1.90 bits per heavy atom. The molecule has 1 fully saturated rings. The molecule has 0 unspecified atom stereocenters. The van der Waals surface area contributed by atoms with Crippen molar-refractivity contribution in [3.05, 3.63) is 59.3 Å². The first-order chi connectivity index (χ1) is 19.5. The zero-order valence-corrected chi connectivity index (χ0v) is 23.1. The van der Waals surface area contributed by atoms with Crippen LogP contribution < -0.4 is 15.8 Å². The SMILES string of the molecule is CCc1cc(-c2cc(NC(=O)Cc3ccc(OC4CCN(C)CC4)c(C(F)(F)F)c3)nn2C)cc2cnc(N)nc12. The number of likely N-dealkylation sites (tertiary alicyclic amines) is 1. The molecule has 0 spiro atoms. The summed E-state index contributed by atoms with van der Waals surface area (Å²) in [6, 6.07) is 9.43. The fraction of sp³-hybridized carbons (Fsp3) is 0.379. The second kappa shape index (κ2) is 11.4. The van der Waals surface area contributed by atoms with Crippen LogP contribution >= 0.6 is 0 Å². The van der Waals surface area contributed by atoms with Gasteiger partial charge < -0.3 is 20.7 Å². The minimum absolute atomic E-state index is 0.201. The Balaban J connectivity index is 1.32. The summed E-state index contributed by atoms with van der Waals surface area (Å²) in [5, 5.41) is 7.92. The molecule has 0 bridgehead atoms. The van der Waals surface area contributed by atoms with E-state index in [2.05, 4.69) is 25.3 Å². The van der Waals surface area contributed by atoms with Gasteiger partial charge in [0, 0.05) is 43.4 Å². The Morgan fingerprint density at radius 1 is 1.15 bits per heavy atom. The number of nitrogens with zero attached hydrogens (tertiary/aromatic N) is 5. The molecule has 5 rings (SSSR count). The lowest BCUT2D eigenvalue weighted by molar-refractivity contribution is -0.139. The van der Waals surface area contributed by atoms with E-state index in [0.29, 0.717) is 12.8 Å². The van der Waals surface area contributed by atoms with Crippen molar-refractivity contribution in [2.24, 2.45) is 7.05 Å². The summed E-state index contributed by atoms with van der Waals surface area (Å²) >= 11 is 0. The Kier molecular flexibility index (Phi) is 7.85. The lowest BCUT2D eigenvalue weighted by Gasteiger charge is -2.30. The number of nitrogens with two attached hydrogens (primary N) is 1. The van der Waals surface area contributed by atoms with Gasteiger partial charge in [-0.25, -0.2) is 9.97 Å². The molecule has 0 aliphatic carbocycles. The zero-order chi connectivity index (χ0) is 29.3. The topological polar surface area (TPSA) is 111 Å². The van der Waals surface area contributed by atoms with Crippen molar-refractivity contribution in [3.63, 3.8) is 0 Å². The summed E-state index contributed by atoms with van der Waals surface area (Å²) in [7, 11) is 3.72. The minimum atomic E-state index is -4.61. The Labute approximate surface area is 235 Å². The van der Waals surface area contributed by atoms with Crippen LogP contribution in [0.1, 0.15) is 36.5 Å². The summed E-state index contributed by atoms with van der Waals surface area (Å²) < 4.78 is 49.1. The third kappa shape index (κ3) is 6.43. The number of piperidine rings is 1. The number of alkyl halides is 3. The maximum atomic E-state index is 13.9. The second-order valence-corrected chi connectivity index (χ2v) is 10.4. The van der Waals surface area contributed by atoms with Gasteiger partial charge in [0.15, 0.2) is 5.82 Å². The van der Waals surface area contributed by atoms with Crippen LogP contribution in [0.5, 0.6) is 5.75 Å². The van der Waals surface area contributed by atoms with Gasteiger partial charge in [-0.2, -0.15) is 18.3 Å². The number of nitrogen functional groups attached to an aromatic ring is 1. The third-order valence-electron chi connectivity index (χ3n) is 7.28. The average molecular weight is 568 g/mol. The molecule has 2 aromatic carbocycles. The monoisotopic (exact) mass is 567 g/mol. The molecule has 1 aliphatic rings. The summed E-state index contributed by atoms with van der Waals surface area (Å²) in [5.74, 6) is -0.200. The molecule has 41 heavy (non-hydrogen) atoms.